The number of benzene rings is 2. The van der Waals surface area contributed by atoms with E-state index >= 15 is 0 Å². The number of likely N-dealkylation sites (tertiary alicyclic amines) is 1. The van der Waals surface area contributed by atoms with E-state index in [1.165, 1.54) is 6.20 Å². The van der Waals surface area contributed by atoms with Crippen LogP contribution in [0.25, 0.3) is 0 Å². The topological polar surface area (TPSA) is 62.7 Å². The van der Waals surface area contributed by atoms with Crippen molar-refractivity contribution in [2.24, 2.45) is 0 Å². The lowest BCUT2D eigenvalue weighted by Gasteiger charge is -2.34. The van der Waals surface area contributed by atoms with Crippen LogP contribution in [0.5, 0.6) is 0 Å². The van der Waals surface area contributed by atoms with Crippen LogP contribution in [0.1, 0.15) is 46.0 Å². The molecule has 0 amide bonds. The standard InChI is InChI=1S/C25H26N2O3/c28-25(29)23-11-14-26-17-21(23)18-27-15-12-22(13-16-27)30-24(19-7-3-1-4-8-19)20-9-5-2-6-10-20/h1-11,14,17,22,24H,12-13,15-16,18H2,(H,28,29). The first-order valence-corrected chi connectivity index (χ1v) is 10.3. The molecule has 1 aliphatic rings. The summed E-state index contributed by atoms with van der Waals surface area (Å²) in [6.45, 7) is 2.34. The summed E-state index contributed by atoms with van der Waals surface area (Å²) in [6.07, 6.45) is 5.10. The van der Waals surface area contributed by atoms with Gasteiger partial charge in [-0.25, -0.2) is 4.79 Å². The second kappa shape index (κ2) is 9.65. The van der Waals surface area contributed by atoms with Crippen LogP contribution in [-0.4, -0.2) is 40.2 Å². The number of pyridine rings is 1. The molecule has 0 bridgehead atoms. The van der Waals surface area contributed by atoms with Crippen molar-refractivity contribution in [2.45, 2.75) is 31.6 Å². The number of rotatable bonds is 7. The Kier molecular flexibility index (Phi) is 6.52. The summed E-state index contributed by atoms with van der Waals surface area (Å²) in [6, 6.07) is 22.3. The number of hydrogen-bond acceptors (Lipinski definition) is 4. The molecule has 1 aromatic heterocycles. The molecule has 4 rings (SSSR count). The van der Waals surface area contributed by atoms with E-state index in [1.807, 2.05) is 36.4 Å². The molecule has 30 heavy (non-hydrogen) atoms. The number of aromatic carboxylic acids is 1. The van der Waals surface area contributed by atoms with Gasteiger partial charge in [0.15, 0.2) is 0 Å². The van der Waals surface area contributed by atoms with Gasteiger partial charge >= 0.3 is 5.97 Å². The summed E-state index contributed by atoms with van der Waals surface area (Å²) < 4.78 is 6.59. The third-order valence-corrected chi connectivity index (χ3v) is 5.60. The average molecular weight is 402 g/mol. The Hall–Kier alpha value is -3.02. The van der Waals surface area contributed by atoms with Gasteiger partial charge in [-0.05, 0) is 35.6 Å². The number of ether oxygens (including phenoxy) is 1. The fraction of sp³-hybridized carbons (Fsp3) is 0.280. The molecular formula is C25H26N2O3. The largest absolute Gasteiger partial charge is 0.478 e. The van der Waals surface area contributed by atoms with Crippen molar-refractivity contribution in [3.8, 4) is 0 Å². The van der Waals surface area contributed by atoms with Gasteiger partial charge in [0.25, 0.3) is 0 Å². The maximum Gasteiger partial charge on any atom is 0.336 e. The molecule has 0 atom stereocenters. The van der Waals surface area contributed by atoms with E-state index in [0.29, 0.717) is 12.1 Å². The molecule has 1 aliphatic heterocycles. The first-order valence-electron chi connectivity index (χ1n) is 10.3. The minimum absolute atomic E-state index is 0.0825. The molecule has 0 radical (unpaired) electrons. The predicted octanol–water partition coefficient (Wildman–Crippen LogP) is 4.55. The molecule has 5 heteroatoms. The van der Waals surface area contributed by atoms with E-state index < -0.39 is 5.97 Å². The van der Waals surface area contributed by atoms with Crippen molar-refractivity contribution in [3.05, 3.63) is 101 Å². The van der Waals surface area contributed by atoms with Crippen LogP contribution < -0.4 is 0 Å². The SMILES string of the molecule is O=C(O)c1ccncc1CN1CCC(OC(c2ccccc2)c2ccccc2)CC1. The van der Waals surface area contributed by atoms with Crippen LogP contribution in [0.3, 0.4) is 0 Å². The summed E-state index contributed by atoms with van der Waals surface area (Å²) in [7, 11) is 0. The van der Waals surface area contributed by atoms with Crippen LogP contribution in [0.15, 0.2) is 79.1 Å². The summed E-state index contributed by atoms with van der Waals surface area (Å²) in [5.74, 6) is -0.904. The summed E-state index contributed by atoms with van der Waals surface area (Å²) in [5, 5.41) is 9.39. The lowest BCUT2D eigenvalue weighted by molar-refractivity contribution is -0.0282. The van der Waals surface area contributed by atoms with E-state index in [1.54, 1.807) is 12.3 Å². The van der Waals surface area contributed by atoms with Crippen molar-refractivity contribution in [1.82, 2.24) is 9.88 Å². The third kappa shape index (κ3) is 4.93. The Bertz CT molecular complexity index is 915. The molecule has 2 heterocycles. The van der Waals surface area contributed by atoms with Gasteiger partial charge in [0.2, 0.25) is 0 Å². The lowest BCUT2D eigenvalue weighted by Crippen LogP contribution is -2.37. The highest BCUT2D eigenvalue weighted by molar-refractivity contribution is 5.89. The van der Waals surface area contributed by atoms with E-state index in [2.05, 4.69) is 34.1 Å². The molecule has 0 spiro atoms. The molecular weight excluding hydrogens is 376 g/mol. The number of piperidine rings is 1. The first kappa shape index (κ1) is 20.3. The highest BCUT2D eigenvalue weighted by Crippen LogP contribution is 2.30. The number of carboxylic acids is 1. The second-order valence-electron chi connectivity index (χ2n) is 7.65. The fourth-order valence-corrected chi connectivity index (χ4v) is 4.00. The van der Waals surface area contributed by atoms with Crippen LogP contribution in [0.4, 0.5) is 0 Å². The smallest absolute Gasteiger partial charge is 0.336 e. The fourth-order valence-electron chi connectivity index (χ4n) is 4.00. The number of aromatic nitrogens is 1. The zero-order valence-corrected chi connectivity index (χ0v) is 16.9. The predicted molar refractivity (Wildman–Crippen MR) is 115 cm³/mol. The number of nitrogens with zero attached hydrogens (tertiary/aromatic N) is 2. The van der Waals surface area contributed by atoms with Gasteiger partial charge in [-0.15, -0.1) is 0 Å². The maximum absolute atomic E-state index is 11.4. The molecule has 3 aromatic rings. The van der Waals surface area contributed by atoms with Gasteiger partial charge in [0.1, 0.15) is 6.10 Å². The molecule has 0 aliphatic carbocycles. The van der Waals surface area contributed by atoms with E-state index in [4.69, 9.17) is 4.74 Å². The second-order valence-corrected chi connectivity index (χ2v) is 7.65. The van der Waals surface area contributed by atoms with Gasteiger partial charge in [-0.2, -0.15) is 0 Å². The molecule has 0 unspecified atom stereocenters. The molecule has 1 fully saturated rings. The third-order valence-electron chi connectivity index (χ3n) is 5.60. The minimum atomic E-state index is -0.904. The minimum Gasteiger partial charge on any atom is -0.478 e. The lowest BCUT2D eigenvalue weighted by atomic mass is 10.00. The maximum atomic E-state index is 11.4. The summed E-state index contributed by atoms with van der Waals surface area (Å²) in [5.41, 5.74) is 3.41. The molecule has 0 saturated carbocycles. The van der Waals surface area contributed by atoms with Crippen molar-refractivity contribution >= 4 is 5.97 Å². The van der Waals surface area contributed by atoms with E-state index in [0.717, 1.165) is 42.6 Å². The normalized spacial score (nSPS) is 15.4. The zero-order valence-electron chi connectivity index (χ0n) is 16.9. The van der Waals surface area contributed by atoms with Crippen molar-refractivity contribution in [1.29, 1.82) is 0 Å². The van der Waals surface area contributed by atoms with Gasteiger partial charge < -0.3 is 9.84 Å². The molecule has 154 valence electrons. The highest BCUT2D eigenvalue weighted by Gasteiger charge is 2.25. The number of carboxylic acid groups (broad SMARTS) is 1. The van der Waals surface area contributed by atoms with Gasteiger partial charge in [0, 0.05) is 32.0 Å². The molecule has 1 N–H and O–H groups in total. The Labute approximate surface area is 177 Å². The summed E-state index contributed by atoms with van der Waals surface area (Å²) >= 11 is 0. The highest BCUT2D eigenvalue weighted by atomic mass is 16.5. The van der Waals surface area contributed by atoms with Gasteiger partial charge in [-0.3, -0.25) is 9.88 Å². The summed E-state index contributed by atoms with van der Waals surface area (Å²) in [4.78, 5) is 17.8. The van der Waals surface area contributed by atoms with Crippen LogP contribution in [-0.2, 0) is 11.3 Å². The zero-order chi connectivity index (χ0) is 20.8. The quantitative estimate of drug-likeness (QED) is 0.628. The van der Waals surface area contributed by atoms with Gasteiger partial charge in [-0.1, -0.05) is 60.7 Å². The van der Waals surface area contributed by atoms with Crippen LogP contribution >= 0.6 is 0 Å². The number of carbonyl (C=O) groups is 1. The Balaban J connectivity index is 1.40. The average Bonchev–Trinajstić information content (AvgIpc) is 2.80. The van der Waals surface area contributed by atoms with E-state index in [-0.39, 0.29) is 12.2 Å². The van der Waals surface area contributed by atoms with Crippen molar-refractivity contribution in [2.75, 3.05) is 13.1 Å². The van der Waals surface area contributed by atoms with Gasteiger partial charge in [0.05, 0.1) is 11.7 Å². The van der Waals surface area contributed by atoms with Crippen molar-refractivity contribution in [3.63, 3.8) is 0 Å². The first-order chi connectivity index (χ1) is 14.7. The van der Waals surface area contributed by atoms with Crippen molar-refractivity contribution < 1.29 is 14.6 Å². The van der Waals surface area contributed by atoms with Crippen LogP contribution in [0.2, 0.25) is 0 Å². The number of hydrogen-bond donors (Lipinski definition) is 1. The Morgan fingerprint density at radius 1 is 1.00 bits per heavy atom. The monoisotopic (exact) mass is 402 g/mol. The van der Waals surface area contributed by atoms with Crippen LogP contribution in [0, 0.1) is 0 Å². The van der Waals surface area contributed by atoms with E-state index in [9.17, 15) is 9.90 Å². The Morgan fingerprint density at radius 3 is 2.17 bits per heavy atom. The Morgan fingerprint density at radius 2 is 1.60 bits per heavy atom. The molecule has 1 saturated heterocycles. The molecule has 2 aromatic carbocycles. The molecule has 5 nitrogen and oxygen atoms in total.